The van der Waals surface area contributed by atoms with Gasteiger partial charge in [-0.3, -0.25) is 9.59 Å². The van der Waals surface area contributed by atoms with Crippen molar-refractivity contribution in [1.29, 1.82) is 0 Å². The maximum absolute atomic E-state index is 12.1. The number of rotatable bonds is 5. The van der Waals surface area contributed by atoms with Crippen LogP contribution in [0.25, 0.3) is 0 Å². The van der Waals surface area contributed by atoms with Crippen molar-refractivity contribution in [2.75, 3.05) is 11.1 Å². The summed E-state index contributed by atoms with van der Waals surface area (Å²) in [5.41, 5.74) is 1.33. The lowest BCUT2D eigenvalue weighted by molar-refractivity contribution is -0.114. The number of benzene rings is 2. The summed E-state index contributed by atoms with van der Waals surface area (Å²) in [6.07, 6.45) is 0. The first kappa shape index (κ1) is 15.8. The quantitative estimate of drug-likeness (QED) is 0.633. The van der Waals surface area contributed by atoms with Gasteiger partial charge in [0.1, 0.15) is 0 Å². The van der Waals surface area contributed by atoms with Crippen molar-refractivity contribution in [2.45, 2.75) is 11.8 Å². The zero-order chi connectivity index (χ0) is 15.2. The van der Waals surface area contributed by atoms with E-state index in [1.165, 1.54) is 18.7 Å². The molecule has 0 bridgehead atoms. The van der Waals surface area contributed by atoms with Crippen LogP contribution >= 0.6 is 27.7 Å². The lowest BCUT2D eigenvalue weighted by Gasteiger charge is -2.05. The minimum absolute atomic E-state index is 0.0603. The van der Waals surface area contributed by atoms with Gasteiger partial charge in [-0.15, -0.1) is 11.8 Å². The molecule has 0 fully saturated rings. The summed E-state index contributed by atoms with van der Waals surface area (Å²) < 4.78 is 0.990. The van der Waals surface area contributed by atoms with E-state index >= 15 is 0 Å². The normalized spacial score (nSPS) is 10.2. The van der Waals surface area contributed by atoms with Crippen molar-refractivity contribution in [3.8, 4) is 0 Å². The molecule has 0 saturated heterocycles. The molecular formula is C16H14BrNO2S. The first-order chi connectivity index (χ1) is 10.1. The fourth-order valence-electron chi connectivity index (χ4n) is 1.73. The van der Waals surface area contributed by atoms with Crippen LogP contribution in [0.3, 0.4) is 0 Å². The number of Topliss-reactive ketones (excluding diaryl/α,β-unsaturated/α-hetero) is 1. The Morgan fingerprint density at radius 2 is 1.76 bits per heavy atom. The second-order valence-corrected chi connectivity index (χ2v) is 6.27. The van der Waals surface area contributed by atoms with Gasteiger partial charge < -0.3 is 5.32 Å². The largest absolute Gasteiger partial charge is 0.326 e. The van der Waals surface area contributed by atoms with Crippen molar-refractivity contribution < 1.29 is 9.59 Å². The SMILES string of the molecule is CC(=O)Nc1ccc(C(=O)CSc2ccccc2Br)cc1. The minimum atomic E-state index is -0.126. The van der Waals surface area contributed by atoms with Gasteiger partial charge in [-0.25, -0.2) is 0 Å². The third-order valence-corrected chi connectivity index (χ3v) is 4.75. The third kappa shape index (κ3) is 4.72. The molecule has 21 heavy (non-hydrogen) atoms. The Labute approximate surface area is 136 Å². The molecule has 0 heterocycles. The highest BCUT2D eigenvalue weighted by atomic mass is 79.9. The maximum Gasteiger partial charge on any atom is 0.221 e. The van der Waals surface area contributed by atoms with Crippen molar-refractivity contribution in [3.05, 3.63) is 58.6 Å². The van der Waals surface area contributed by atoms with Gasteiger partial charge in [-0.2, -0.15) is 0 Å². The number of ketones is 1. The lowest BCUT2D eigenvalue weighted by Crippen LogP contribution is -2.07. The number of amides is 1. The van der Waals surface area contributed by atoms with Crippen molar-refractivity contribution in [2.24, 2.45) is 0 Å². The Kier molecular flexibility index (Phi) is 5.59. The van der Waals surface area contributed by atoms with E-state index in [1.54, 1.807) is 24.3 Å². The van der Waals surface area contributed by atoms with Gasteiger partial charge in [-0.1, -0.05) is 12.1 Å². The van der Waals surface area contributed by atoms with Crippen LogP contribution in [0.2, 0.25) is 0 Å². The molecule has 1 N–H and O–H groups in total. The van der Waals surface area contributed by atoms with E-state index in [4.69, 9.17) is 0 Å². The number of thioether (sulfide) groups is 1. The van der Waals surface area contributed by atoms with Crippen LogP contribution in [0, 0.1) is 0 Å². The van der Waals surface area contributed by atoms with E-state index in [-0.39, 0.29) is 11.7 Å². The molecular weight excluding hydrogens is 350 g/mol. The second kappa shape index (κ2) is 7.43. The number of carbonyl (C=O) groups is 2. The molecule has 2 aromatic carbocycles. The van der Waals surface area contributed by atoms with Crippen LogP contribution in [0.15, 0.2) is 57.9 Å². The number of nitrogens with one attached hydrogen (secondary N) is 1. The van der Waals surface area contributed by atoms with Crippen molar-refractivity contribution >= 4 is 45.1 Å². The summed E-state index contributed by atoms with van der Waals surface area (Å²) in [4.78, 5) is 24.1. The minimum Gasteiger partial charge on any atom is -0.326 e. The van der Waals surface area contributed by atoms with E-state index in [1.807, 2.05) is 24.3 Å². The molecule has 108 valence electrons. The molecule has 0 spiro atoms. The number of carbonyl (C=O) groups excluding carboxylic acids is 2. The summed E-state index contributed by atoms with van der Waals surface area (Å²) >= 11 is 4.96. The molecule has 2 aromatic rings. The Morgan fingerprint density at radius 3 is 2.38 bits per heavy atom. The van der Waals surface area contributed by atoms with Gasteiger partial charge in [0.15, 0.2) is 5.78 Å². The Hall–Kier alpha value is -1.59. The number of hydrogen-bond acceptors (Lipinski definition) is 3. The van der Waals surface area contributed by atoms with Crippen molar-refractivity contribution in [1.82, 2.24) is 0 Å². The van der Waals surface area contributed by atoms with E-state index in [0.717, 1.165) is 9.37 Å². The highest BCUT2D eigenvalue weighted by Crippen LogP contribution is 2.27. The average Bonchev–Trinajstić information content (AvgIpc) is 2.46. The predicted molar refractivity (Wildman–Crippen MR) is 89.9 cm³/mol. The highest BCUT2D eigenvalue weighted by Gasteiger charge is 2.08. The Bertz CT molecular complexity index is 656. The molecule has 0 radical (unpaired) electrons. The molecule has 3 nitrogen and oxygen atoms in total. The monoisotopic (exact) mass is 363 g/mol. The number of halogens is 1. The summed E-state index contributed by atoms with van der Waals surface area (Å²) in [6.45, 7) is 1.45. The van der Waals surface area contributed by atoms with Gasteiger partial charge in [0.2, 0.25) is 5.91 Å². The van der Waals surface area contributed by atoms with Gasteiger partial charge in [0.05, 0.1) is 5.75 Å². The standard InChI is InChI=1S/C16H14BrNO2S/c1-11(19)18-13-8-6-12(7-9-13)15(20)10-21-16-5-3-2-4-14(16)17/h2-9H,10H2,1H3,(H,18,19). The van der Waals surface area contributed by atoms with E-state index in [2.05, 4.69) is 21.2 Å². The van der Waals surface area contributed by atoms with E-state index in [0.29, 0.717) is 17.0 Å². The number of hydrogen-bond donors (Lipinski definition) is 1. The fourth-order valence-corrected chi connectivity index (χ4v) is 3.19. The van der Waals surface area contributed by atoms with Crippen molar-refractivity contribution in [3.63, 3.8) is 0 Å². The van der Waals surface area contributed by atoms with Crippen LogP contribution in [0.4, 0.5) is 5.69 Å². The van der Waals surface area contributed by atoms with Gasteiger partial charge in [0, 0.05) is 27.5 Å². The molecule has 5 heteroatoms. The molecule has 0 aromatic heterocycles. The number of anilines is 1. The van der Waals surface area contributed by atoms with Crippen LogP contribution in [-0.2, 0) is 4.79 Å². The third-order valence-electron chi connectivity index (χ3n) is 2.72. The fraction of sp³-hybridized carbons (Fsp3) is 0.125. The molecule has 0 atom stereocenters. The summed E-state index contributed by atoms with van der Waals surface area (Å²) in [7, 11) is 0. The smallest absolute Gasteiger partial charge is 0.221 e. The summed E-state index contributed by atoms with van der Waals surface area (Å²) in [5, 5.41) is 2.67. The van der Waals surface area contributed by atoms with Crippen LogP contribution in [-0.4, -0.2) is 17.4 Å². The molecule has 0 aliphatic carbocycles. The van der Waals surface area contributed by atoms with Crippen LogP contribution < -0.4 is 5.32 Å². The van der Waals surface area contributed by atoms with Gasteiger partial charge >= 0.3 is 0 Å². The molecule has 0 unspecified atom stereocenters. The lowest BCUT2D eigenvalue weighted by atomic mass is 10.1. The predicted octanol–water partition coefficient (Wildman–Crippen LogP) is 4.38. The van der Waals surface area contributed by atoms with Crippen LogP contribution in [0.1, 0.15) is 17.3 Å². The topological polar surface area (TPSA) is 46.2 Å². The molecule has 0 aliphatic heterocycles. The summed E-state index contributed by atoms with van der Waals surface area (Å²) in [5.74, 6) is 0.311. The first-order valence-corrected chi connectivity index (χ1v) is 8.12. The van der Waals surface area contributed by atoms with Gasteiger partial charge in [-0.05, 0) is 52.3 Å². The highest BCUT2D eigenvalue weighted by molar-refractivity contribution is 9.10. The maximum atomic E-state index is 12.1. The van der Waals surface area contributed by atoms with Crippen LogP contribution in [0.5, 0.6) is 0 Å². The molecule has 0 saturated carbocycles. The molecule has 2 rings (SSSR count). The van der Waals surface area contributed by atoms with E-state index < -0.39 is 0 Å². The van der Waals surface area contributed by atoms with E-state index in [9.17, 15) is 9.59 Å². The first-order valence-electron chi connectivity index (χ1n) is 6.34. The Balaban J connectivity index is 1.97. The average molecular weight is 364 g/mol. The van der Waals surface area contributed by atoms with Gasteiger partial charge in [0.25, 0.3) is 0 Å². The second-order valence-electron chi connectivity index (χ2n) is 4.40. The zero-order valence-electron chi connectivity index (χ0n) is 11.4. The Morgan fingerprint density at radius 1 is 1.10 bits per heavy atom. The zero-order valence-corrected chi connectivity index (χ0v) is 13.8. The summed E-state index contributed by atoms with van der Waals surface area (Å²) in [6, 6.07) is 14.7. The molecule has 0 aliphatic rings. The molecule has 1 amide bonds.